The molecule has 0 radical (unpaired) electrons. The van der Waals surface area contributed by atoms with Gasteiger partial charge in [-0.3, -0.25) is 4.99 Å². The van der Waals surface area contributed by atoms with E-state index in [1.165, 1.54) is 33.5 Å². The van der Waals surface area contributed by atoms with Crippen LogP contribution in [0.4, 0.5) is 0 Å². The zero-order chi connectivity index (χ0) is 16.9. The van der Waals surface area contributed by atoms with Crippen LogP contribution in [0.25, 0.3) is 11.8 Å². The van der Waals surface area contributed by atoms with Gasteiger partial charge in [-0.15, -0.1) is 12.4 Å². The zero-order valence-corrected chi connectivity index (χ0v) is 16.2. The summed E-state index contributed by atoms with van der Waals surface area (Å²) in [5.74, 6) is 1.13. The van der Waals surface area contributed by atoms with E-state index in [0.717, 1.165) is 18.9 Å². The second-order valence-electron chi connectivity index (χ2n) is 7.80. The maximum absolute atomic E-state index is 4.77. The molecule has 0 atom stereocenters. The third kappa shape index (κ3) is 3.11. The lowest BCUT2D eigenvalue weighted by atomic mass is 9.86. The number of rotatable bonds is 1. The van der Waals surface area contributed by atoms with Crippen LogP contribution in [0.15, 0.2) is 47.5 Å². The van der Waals surface area contributed by atoms with Crippen molar-refractivity contribution in [2.24, 2.45) is 4.99 Å². The molecule has 0 aromatic heterocycles. The molecule has 0 unspecified atom stereocenters. The summed E-state index contributed by atoms with van der Waals surface area (Å²) < 4.78 is 0. The van der Waals surface area contributed by atoms with Crippen molar-refractivity contribution < 1.29 is 0 Å². The van der Waals surface area contributed by atoms with E-state index in [-0.39, 0.29) is 17.8 Å². The molecule has 2 aromatic carbocycles. The van der Waals surface area contributed by atoms with Gasteiger partial charge in [-0.05, 0) is 41.2 Å². The van der Waals surface area contributed by atoms with E-state index in [4.69, 9.17) is 4.99 Å². The summed E-state index contributed by atoms with van der Waals surface area (Å²) in [6, 6.07) is 15.7. The molecule has 130 valence electrons. The molecule has 0 spiro atoms. The van der Waals surface area contributed by atoms with Crippen molar-refractivity contribution in [1.82, 2.24) is 4.90 Å². The molecule has 25 heavy (non-hydrogen) atoms. The van der Waals surface area contributed by atoms with Crippen LogP contribution in [0.3, 0.4) is 0 Å². The second kappa shape index (κ2) is 6.34. The molecule has 2 aliphatic rings. The fourth-order valence-corrected chi connectivity index (χ4v) is 3.51. The lowest BCUT2D eigenvalue weighted by molar-refractivity contribution is 0.590. The van der Waals surface area contributed by atoms with Crippen molar-refractivity contribution in [2.75, 3.05) is 13.1 Å². The number of hydrogen-bond donors (Lipinski definition) is 0. The Morgan fingerprint density at radius 2 is 1.72 bits per heavy atom. The number of fused-ring (bicyclic) bond motifs is 3. The van der Waals surface area contributed by atoms with E-state index in [2.05, 4.69) is 81.1 Å². The number of benzene rings is 2. The summed E-state index contributed by atoms with van der Waals surface area (Å²) in [4.78, 5) is 7.14. The Morgan fingerprint density at radius 3 is 2.40 bits per heavy atom. The minimum Gasteiger partial charge on any atom is -0.324 e. The standard InChI is InChI=1S/C22H24N2.ClH/c1-15-5-6-17-14-20(24-12-11-23-21(24)19(17)13-15)16-7-9-18(10-8-16)22(2,3)4;/h5-10,13-14H,11-12H2,1-4H3;1H. The Balaban J connectivity index is 0.00000182. The van der Waals surface area contributed by atoms with Gasteiger partial charge in [0.25, 0.3) is 0 Å². The second-order valence-corrected chi connectivity index (χ2v) is 7.80. The lowest BCUT2D eigenvalue weighted by Crippen LogP contribution is -2.30. The van der Waals surface area contributed by atoms with E-state index in [0.29, 0.717) is 0 Å². The fourth-order valence-electron chi connectivity index (χ4n) is 3.51. The Bertz CT molecular complexity index is 855. The highest BCUT2D eigenvalue weighted by Crippen LogP contribution is 2.34. The van der Waals surface area contributed by atoms with E-state index in [1.54, 1.807) is 0 Å². The average molecular weight is 353 g/mol. The molecule has 0 aliphatic carbocycles. The SMILES string of the molecule is Cc1ccc2c(c1)C1=NCCN1C(c1ccc(C(C)(C)C)cc1)=C2.Cl. The van der Waals surface area contributed by atoms with Crippen LogP contribution in [0.2, 0.25) is 0 Å². The highest BCUT2D eigenvalue weighted by Gasteiger charge is 2.28. The molecule has 2 aliphatic heterocycles. The van der Waals surface area contributed by atoms with E-state index < -0.39 is 0 Å². The highest BCUT2D eigenvalue weighted by atomic mass is 35.5. The van der Waals surface area contributed by atoms with Gasteiger partial charge < -0.3 is 4.90 Å². The van der Waals surface area contributed by atoms with Gasteiger partial charge in [-0.1, -0.05) is 62.7 Å². The molecule has 2 heterocycles. The molecular weight excluding hydrogens is 328 g/mol. The first-order valence-corrected chi connectivity index (χ1v) is 8.69. The van der Waals surface area contributed by atoms with Crippen LogP contribution in [0.5, 0.6) is 0 Å². The van der Waals surface area contributed by atoms with Crippen molar-refractivity contribution >= 4 is 30.0 Å². The van der Waals surface area contributed by atoms with Gasteiger partial charge in [-0.2, -0.15) is 0 Å². The van der Waals surface area contributed by atoms with Crippen molar-refractivity contribution in [3.8, 4) is 0 Å². The number of halogens is 1. The van der Waals surface area contributed by atoms with Crippen LogP contribution in [-0.4, -0.2) is 23.8 Å². The fraction of sp³-hybridized carbons (Fsp3) is 0.318. The molecule has 0 fully saturated rings. The molecule has 4 rings (SSSR count). The number of hydrogen-bond acceptors (Lipinski definition) is 2. The maximum atomic E-state index is 4.77. The quantitative estimate of drug-likeness (QED) is 0.681. The van der Waals surface area contributed by atoms with E-state index in [9.17, 15) is 0 Å². The molecule has 0 amide bonds. The molecule has 0 saturated carbocycles. The third-order valence-electron chi connectivity index (χ3n) is 4.92. The summed E-state index contributed by atoms with van der Waals surface area (Å²) in [6.45, 7) is 10.8. The Labute approximate surface area is 156 Å². The van der Waals surface area contributed by atoms with Crippen LogP contribution in [0.1, 0.15) is 48.6 Å². The van der Waals surface area contributed by atoms with Crippen LogP contribution in [-0.2, 0) is 5.41 Å². The van der Waals surface area contributed by atoms with Crippen LogP contribution >= 0.6 is 12.4 Å². The third-order valence-corrected chi connectivity index (χ3v) is 4.92. The highest BCUT2D eigenvalue weighted by molar-refractivity contribution is 6.12. The Kier molecular flexibility index (Phi) is 4.51. The van der Waals surface area contributed by atoms with Gasteiger partial charge >= 0.3 is 0 Å². The summed E-state index contributed by atoms with van der Waals surface area (Å²) in [7, 11) is 0. The Morgan fingerprint density at radius 1 is 1.00 bits per heavy atom. The summed E-state index contributed by atoms with van der Waals surface area (Å²) >= 11 is 0. The molecule has 2 aromatic rings. The predicted molar refractivity (Wildman–Crippen MR) is 110 cm³/mol. The van der Waals surface area contributed by atoms with E-state index in [1.807, 2.05) is 0 Å². The van der Waals surface area contributed by atoms with Crippen LogP contribution in [0, 0.1) is 6.92 Å². The topological polar surface area (TPSA) is 15.6 Å². The van der Waals surface area contributed by atoms with Gasteiger partial charge in [0.05, 0.1) is 12.2 Å². The molecule has 0 saturated heterocycles. The normalized spacial score (nSPS) is 15.8. The van der Waals surface area contributed by atoms with Crippen molar-refractivity contribution in [3.63, 3.8) is 0 Å². The Hall–Kier alpha value is -2.06. The minimum atomic E-state index is 0. The minimum absolute atomic E-state index is 0. The molecular formula is C22H25ClN2. The zero-order valence-electron chi connectivity index (χ0n) is 15.3. The first-order chi connectivity index (χ1) is 11.4. The molecule has 2 nitrogen and oxygen atoms in total. The monoisotopic (exact) mass is 352 g/mol. The van der Waals surface area contributed by atoms with Crippen molar-refractivity contribution in [2.45, 2.75) is 33.1 Å². The number of aliphatic imine (C=N–C) groups is 1. The number of aryl methyl sites for hydroxylation is 1. The van der Waals surface area contributed by atoms with E-state index >= 15 is 0 Å². The van der Waals surface area contributed by atoms with Crippen LogP contribution < -0.4 is 0 Å². The molecule has 3 heteroatoms. The molecule has 0 bridgehead atoms. The smallest absolute Gasteiger partial charge is 0.136 e. The number of amidine groups is 1. The maximum Gasteiger partial charge on any atom is 0.136 e. The van der Waals surface area contributed by atoms with Gasteiger partial charge in [0.1, 0.15) is 5.84 Å². The first-order valence-electron chi connectivity index (χ1n) is 8.69. The predicted octanol–water partition coefficient (Wildman–Crippen LogP) is 5.29. The van der Waals surface area contributed by atoms with Crippen molar-refractivity contribution in [1.29, 1.82) is 0 Å². The van der Waals surface area contributed by atoms with Gasteiger partial charge in [0, 0.05) is 12.1 Å². The average Bonchev–Trinajstić information content (AvgIpc) is 3.03. The summed E-state index contributed by atoms with van der Waals surface area (Å²) in [6.07, 6.45) is 2.31. The van der Waals surface area contributed by atoms with Gasteiger partial charge in [-0.25, -0.2) is 0 Å². The summed E-state index contributed by atoms with van der Waals surface area (Å²) in [5.41, 5.74) is 7.91. The lowest BCUT2D eigenvalue weighted by Gasteiger charge is -2.30. The first kappa shape index (κ1) is 17.8. The summed E-state index contributed by atoms with van der Waals surface area (Å²) in [5, 5.41) is 0. The van der Waals surface area contributed by atoms with Gasteiger partial charge in [0.2, 0.25) is 0 Å². The number of nitrogens with zero attached hydrogens (tertiary/aromatic N) is 2. The van der Waals surface area contributed by atoms with Gasteiger partial charge in [0.15, 0.2) is 0 Å². The molecule has 0 N–H and O–H groups in total. The largest absolute Gasteiger partial charge is 0.324 e. The van der Waals surface area contributed by atoms with Crippen molar-refractivity contribution in [3.05, 3.63) is 70.3 Å².